The third-order valence-electron chi connectivity index (χ3n) is 3.64. The lowest BCUT2D eigenvalue weighted by Crippen LogP contribution is -2.27. The number of carbonyl (C=O) groups is 1. The predicted octanol–water partition coefficient (Wildman–Crippen LogP) is 2.48. The first kappa shape index (κ1) is 15.7. The summed E-state index contributed by atoms with van der Waals surface area (Å²) in [7, 11) is 0. The number of amides is 1. The molecule has 0 radical (unpaired) electrons. The molecular weight excluding hydrogens is 309 g/mol. The van der Waals surface area contributed by atoms with Crippen molar-refractivity contribution >= 4 is 11.7 Å². The molecule has 0 bridgehead atoms. The van der Waals surface area contributed by atoms with Crippen LogP contribution < -0.4 is 11.1 Å². The molecule has 0 spiro atoms. The number of aromatic nitrogens is 3. The minimum Gasteiger partial charge on any atom is -0.382 e. The molecule has 2 aromatic carbocycles. The number of hydrogen-bond donors (Lipinski definition) is 2. The Labute approximate surface area is 138 Å². The van der Waals surface area contributed by atoms with Crippen molar-refractivity contribution in [1.29, 1.82) is 0 Å². The van der Waals surface area contributed by atoms with Crippen molar-refractivity contribution in [2.75, 3.05) is 5.73 Å². The second kappa shape index (κ2) is 6.49. The molecule has 1 aromatic heterocycles. The number of rotatable bonds is 4. The maximum absolute atomic E-state index is 13.0. The van der Waals surface area contributed by atoms with Gasteiger partial charge < -0.3 is 11.1 Å². The standard InChI is InChI=1S/C17H16FN5O/c1-11(12-5-3-2-4-6-12)20-17(24)15-16(19)23(22-21-15)14-9-7-13(18)8-10-14/h2-11H,19H2,1H3,(H,20,24). The minimum atomic E-state index is -0.419. The Hall–Kier alpha value is -3.22. The van der Waals surface area contributed by atoms with Gasteiger partial charge in [0.2, 0.25) is 0 Å². The summed E-state index contributed by atoms with van der Waals surface area (Å²) in [6.07, 6.45) is 0. The summed E-state index contributed by atoms with van der Waals surface area (Å²) in [5.74, 6) is -0.691. The first-order valence-electron chi connectivity index (χ1n) is 7.39. The number of anilines is 1. The second-order valence-electron chi connectivity index (χ2n) is 5.32. The molecule has 24 heavy (non-hydrogen) atoms. The van der Waals surface area contributed by atoms with Gasteiger partial charge in [-0.05, 0) is 36.8 Å². The number of halogens is 1. The van der Waals surface area contributed by atoms with Gasteiger partial charge >= 0.3 is 0 Å². The van der Waals surface area contributed by atoms with Gasteiger partial charge in [0, 0.05) is 0 Å². The van der Waals surface area contributed by atoms with Gasteiger partial charge in [-0.15, -0.1) is 5.10 Å². The van der Waals surface area contributed by atoms with Gasteiger partial charge in [-0.2, -0.15) is 4.68 Å². The summed E-state index contributed by atoms with van der Waals surface area (Å²) in [5.41, 5.74) is 7.49. The van der Waals surface area contributed by atoms with E-state index < -0.39 is 5.91 Å². The summed E-state index contributed by atoms with van der Waals surface area (Å²) in [6.45, 7) is 1.87. The van der Waals surface area contributed by atoms with E-state index in [2.05, 4.69) is 15.6 Å². The molecule has 7 heteroatoms. The van der Waals surface area contributed by atoms with Crippen LogP contribution in [0.5, 0.6) is 0 Å². The molecule has 1 unspecified atom stereocenters. The SMILES string of the molecule is CC(NC(=O)c1nnn(-c2ccc(F)cc2)c1N)c1ccccc1. The van der Waals surface area contributed by atoms with E-state index in [0.29, 0.717) is 5.69 Å². The molecule has 122 valence electrons. The number of nitrogens with zero attached hydrogens (tertiary/aromatic N) is 3. The quantitative estimate of drug-likeness (QED) is 0.771. The van der Waals surface area contributed by atoms with Gasteiger partial charge in [0.05, 0.1) is 11.7 Å². The lowest BCUT2D eigenvalue weighted by Gasteiger charge is -2.13. The largest absolute Gasteiger partial charge is 0.382 e. The molecule has 1 amide bonds. The second-order valence-corrected chi connectivity index (χ2v) is 5.32. The van der Waals surface area contributed by atoms with E-state index in [-0.39, 0.29) is 23.4 Å². The Morgan fingerprint density at radius 2 is 1.83 bits per heavy atom. The zero-order valence-corrected chi connectivity index (χ0v) is 13.0. The summed E-state index contributed by atoms with van der Waals surface area (Å²) in [5, 5.41) is 10.6. The predicted molar refractivity (Wildman–Crippen MR) is 88.1 cm³/mol. The van der Waals surface area contributed by atoms with Gasteiger partial charge in [-0.1, -0.05) is 35.5 Å². The Bertz CT molecular complexity index is 845. The number of carbonyl (C=O) groups excluding carboxylic acids is 1. The van der Waals surface area contributed by atoms with Crippen molar-refractivity contribution in [2.24, 2.45) is 0 Å². The van der Waals surface area contributed by atoms with Crippen LogP contribution in [0, 0.1) is 5.82 Å². The highest BCUT2D eigenvalue weighted by atomic mass is 19.1. The fraction of sp³-hybridized carbons (Fsp3) is 0.118. The maximum Gasteiger partial charge on any atom is 0.276 e. The molecule has 3 N–H and O–H groups in total. The van der Waals surface area contributed by atoms with Crippen molar-refractivity contribution in [2.45, 2.75) is 13.0 Å². The molecule has 3 rings (SSSR count). The zero-order chi connectivity index (χ0) is 17.1. The summed E-state index contributed by atoms with van der Waals surface area (Å²) < 4.78 is 14.3. The van der Waals surface area contributed by atoms with E-state index in [1.54, 1.807) is 0 Å². The molecule has 0 aliphatic heterocycles. The van der Waals surface area contributed by atoms with Crippen LogP contribution in [0.1, 0.15) is 29.0 Å². The van der Waals surface area contributed by atoms with E-state index in [0.717, 1.165) is 5.56 Å². The van der Waals surface area contributed by atoms with Crippen LogP contribution >= 0.6 is 0 Å². The van der Waals surface area contributed by atoms with E-state index in [1.165, 1.54) is 28.9 Å². The van der Waals surface area contributed by atoms with Gasteiger partial charge in [0.25, 0.3) is 5.91 Å². The van der Waals surface area contributed by atoms with Crippen molar-refractivity contribution in [3.63, 3.8) is 0 Å². The number of hydrogen-bond acceptors (Lipinski definition) is 4. The normalized spacial score (nSPS) is 11.9. The first-order valence-corrected chi connectivity index (χ1v) is 7.39. The zero-order valence-electron chi connectivity index (χ0n) is 13.0. The number of nitrogen functional groups attached to an aromatic ring is 1. The highest BCUT2D eigenvalue weighted by Crippen LogP contribution is 2.17. The molecule has 6 nitrogen and oxygen atoms in total. The minimum absolute atomic E-state index is 0.0297. The van der Waals surface area contributed by atoms with Crippen LogP contribution in [-0.4, -0.2) is 20.9 Å². The van der Waals surface area contributed by atoms with Crippen LogP contribution in [0.15, 0.2) is 54.6 Å². The van der Waals surface area contributed by atoms with E-state index in [1.807, 2.05) is 37.3 Å². The number of nitrogens with two attached hydrogens (primary N) is 1. The van der Waals surface area contributed by atoms with Gasteiger partial charge in [-0.25, -0.2) is 4.39 Å². The smallest absolute Gasteiger partial charge is 0.276 e. The van der Waals surface area contributed by atoms with Crippen molar-refractivity contribution in [1.82, 2.24) is 20.3 Å². The summed E-state index contributed by atoms with van der Waals surface area (Å²) in [4.78, 5) is 12.4. The fourth-order valence-corrected chi connectivity index (χ4v) is 2.31. The Balaban J connectivity index is 1.80. The summed E-state index contributed by atoms with van der Waals surface area (Å²) >= 11 is 0. The van der Waals surface area contributed by atoms with Crippen LogP contribution in [-0.2, 0) is 0 Å². The molecule has 0 aliphatic carbocycles. The van der Waals surface area contributed by atoms with Gasteiger partial charge in [0.1, 0.15) is 5.82 Å². The van der Waals surface area contributed by atoms with Crippen LogP contribution in [0.25, 0.3) is 5.69 Å². The summed E-state index contributed by atoms with van der Waals surface area (Å²) in [6, 6.07) is 14.9. The lowest BCUT2D eigenvalue weighted by molar-refractivity contribution is 0.0935. The average Bonchev–Trinajstić information content (AvgIpc) is 2.98. The lowest BCUT2D eigenvalue weighted by atomic mass is 10.1. The van der Waals surface area contributed by atoms with E-state index >= 15 is 0 Å². The number of nitrogens with one attached hydrogen (secondary N) is 1. The van der Waals surface area contributed by atoms with Crippen LogP contribution in [0.3, 0.4) is 0 Å². The maximum atomic E-state index is 13.0. The molecule has 1 heterocycles. The molecule has 0 fully saturated rings. The fourth-order valence-electron chi connectivity index (χ4n) is 2.31. The Morgan fingerprint density at radius 1 is 1.17 bits per heavy atom. The molecule has 1 atom stereocenters. The van der Waals surface area contributed by atoms with Crippen LogP contribution in [0.4, 0.5) is 10.2 Å². The molecule has 0 saturated heterocycles. The van der Waals surface area contributed by atoms with Gasteiger partial charge in [0.15, 0.2) is 11.5 Å². The first-order chi connectivity index (χ1) is 11.6. The Morgan fingerprint density at radius 3 is 2.50 bits per heavy atom. The third-order valence-corrected chi connectivity index (χ3v) is 3.64. The van der Waals surface area contributed by atoms with Crippen molar-refractivity contribution in [3.8, 4) is 5.69 Å². The highest BCUT2D eigenvalue weighted by Gasteiger charge is 2.20. The number of benzene rings is 2. The highest BCUT2D eigenvalue weighted by molar-refractivity contribution is 5.96. The third kappa shape index (κ3) is 3.10. The van der Waals surface area contributed by atoms with Gasteiger partial charge in [-0.3, -0.25) is 4.79 Å². The Kier molecular flexibility index (Phi) is 4.24. The van der Waals surface area contributed by atoms with E-state index in [9.17, 15) is 9.18 Å². The van der Waals surface area contributed by atoms with Crippen molar-refractivity contribution < 1.29 is 9.18 Å². The van der Waals surface area contributed by atoms with Crippen LogP contribution in [0.2, 0.25) is 0 Å². The molecular formula is C17H16FN5O. The average molecular weight is 325 g/mol. The molecule has 3 aromatic rings. The molecule has 0 aliphatic rings. The van der Waals surface area contributed by atoms with E-state index in [4.69, 9.17) is 5.73 Å². The topological polar surface area (TPSA) is 85.8 Å². The molecule has 0 saturated carbocycles. The van der Waals surface area contributed by atoms with Crippen molar-refractivity contribution in [3.05, 3.63) is 71.7 Å². The monoisotopic (exact) mass is 325 g/mol.